The average Bonchev–Trinajstić information content (AvgIpc) is 2.79. The molecule has 0 saturated carbocycles. The molecule has 0 bridgehead atoms. The normalized spacial score (nSPS) is 18.2. The van der Waals surface area contributed by atoms with Gasteiger partial charge in [-0.05, 0) is 25.0 Å². The number of hydrogen-bond donors (Lipinski definition) is 0. The molecule has 0 amide bonds. The fraction of sp³-hybridized carbons (Fsp3) is 0.444. The van der Waals surface area contributed by atoms with Gasteiger partial charge in [-0.25, -0.2) is 8.42 Å². The van der Waals surface area contributed by atoms with Crippen LogP contribution >= 0.6 is 0 Å². The lowest BCUT2D eigenvalue weighted by Gasteiger charge is -2.23. The molecule has 1 aromatic heterocycles. The van der Waals surface area contributed by atoms with Crippen molar-refractivity contribution in [1.82, 2.24) is 4.47 Å². The van der Waals surface area contributed by atoms with Crippen LogP contribution in [0.4, 0.5) is 0 Å². The molecular formula is C9H10N2O4S. The standard InChI is InChI=1S/C9H10N2O4S/c10-7-8-3-4-9(15-8)16(12,13)11-5-1-2-6-14-11/h3-4H,1-2,5-6H2. The Morgan fingerprint density at radius 1 is 1.38 bits per heavy atom. The van der Waals surface area contributed by atoms with Crippen LogP contribution in [0.2, 0.25) is 0 Å². The number of rotatable bonds is 2. The molecule has 1 saturated heterocycles. The van der Waals surface area contributed by atoms with Crippen molar-refractivity contribution in [2.24, 2.45) is 0 Å². The first kappa shape index (κ1) is 11.1. The summed E-state index contributed by atoms with van der Waals surface area (Å²) in [5.74, 6) is -0.0319. The van der Waals surface area contributed by atoms with Crippen LogP contribution in [0.15, 0.2) is 21.6 Å². The van der Waals surface area contributed by atoms with Crippen molar-refractivity contribution < 1.29 is 17.7 Å². The molecule has 1 fully saturated rings. The third kappa shape index (κ3) is 1.95. The van der Waals surface area contributed by atoms with Gasteiger partial charge in [-0.1, -0.05) is 4.47 Å². The van der Waals surface area contributed by atoms with Gasteiger partial charge >= 0.3 is 0 Å². The highest BCUT2D eigenvalue weighted by Gasteiger charge is 2.30. The number of nitriles is 1. The zero-order chi connectivity index (χ0) is 11.6. The Bertz CT molecular complexity index is 508. The molecule has 86 valence electrons. The molecule has 0 aromatic carbocycles. The summed E-state index contributed by atoms with van der Waals surface area (Å²) in [5, 5.41) is 8.29. The summed E-state index contributed by atoms with van der Waals surface area (Å²) < 4.78 is 29.6. The van der Waals surface area contributed by atoms with Gasteiger partial charge in [0.05, 0.1) is 6.61 Å². The highest BCUT2D eigenvalue weighted by atomic mass is 32.2. The first-order chi connectivity index (χ1) is 7.64. The molecule has 2 heterocycles. The third-order valence-electron chi connectivity index (χ3n) is 2.18. The largest absolute Gasteiger partial charge is 0.433 e. The number of hydroxylamine groups is 1. The van der Waals surface area contributed by atoms with Crippen molar-refractivity contribution in [3.8, 4) is 6.07 Å². The van der Waals surface area contributed by atoms with E-state index in [-0.39, 0.29) is 10.9 Å². The predicted molar refractivity (Wildman–Crippen MR) is 52.5 cm³/mol. The Hall–Kier alpha value is -1.36. The molecule has 7 heteroatoms. The van der Waals surface area contributed by atoms with Gasteiger partial charge in [0.2, 0.25) is 10.9 Å². The molecule has 0 spiro atoms. The lowest BCUT2D eigenvalue weighted by molar-refractivity contribution is -0.109. The molecule has 1 aliphatic heterocycles. The lowest BCUT2D eigenvalue weighted by atomic mass is 10.3. The Kier molecular flexibility index (Phi) is 2.96. The smallest absolute Gasteiger partial charge is 0.298 e. The Labute approximate surface area is 93.0 Å². The van der Waals surface area contributed by atoms with Gasteiger partial charge in [0, 0.05) is 6.54 Å². The van der Waals surface area contributed by atoms with Gasteiger partial charge in [0.1, 0.15) is 6.07 Å². The maximum atomic E-state index is 11.9. The minimum absolute atomic E-state index is 0.0319. The van der Waals surface area contributed by atoms with Crippen molar-refractivity contribution in [3.05, 3.63) is 17.9 Å². The summed E-state index contributed by atoms with van der Waals surface area (Å²) in [6.07, 6.45) is 1.60. The molecule has 16 heavy (non-hydrogen) atoms. The van der Waals surface area contributed by atoms with Gasteiger partial charge in [-0.3, -0.25) is 4.84 Å². The first-order valence-corrected chi connectivity index (χ1v) is 6.24. The fourth-order valence-corrected chi connectivity index (χ4v) is 2.60. The molecule has 0 N–H and O–H groups in total. The number of furan rings is 1. The van der Waals surface area contributed by atoms with E-state index in [2.05, 4.69) is 0 Å². The highest BCUT2D eigenvalue weighted by molar-refractivity contribution is 7.88. The van der Waals surface area contributed by atoms with Crippen LogP contribution < -0.4 is 0 Å². The van der Waals surface area contributed by atoms with Crippen molar-refractivity contribution in [2.75, 3.05) is 13.2 Å². The first-order valence-electron chi connectivity index (χ1n) is 4.80. The van der Waals surface area contributed by atoms with E-state index < -0.39 is 10.0 Å². The molecule has 2 rings (SSSR count). The van der Waals surface area contributed by atoms with Crippen LogP contribution in [0.3, 0.4) is 0 Å². The zero-order valence-corrected chi connectivity index (χ0v) is 9.24. The molecular weight excluding hydrogens is 232 g/mol. The molecule has 0 aliphatic carbocycles. The van der Waals surface area contributed by atoms with Gasteiger partial charge in [0.25, 0.3) is 10.0 Å². The summed E-state index contributed by atoms with van der Waals surface area (Å²) in [4.78, 5) is 5.04. The summed E-state index contributed by atoms with van der Waals surface area (Å²) in [5.41, 5.74) is 0. The Morgan fingerprint density at radius 3 is 2.75 bits per heavy atom. The zero-order valence-electron chi connectivity index (χ0n) is 8.42. The minimum atomic E-state index is -3.76. The van der Waals surface area contributed by atoms with Crippen molar-refractivity contribution >= 4 is 10.0 Å². The van der Waals surface area contributed by atoms with Crippen LogP contribution in [-0.2, 0) is 14.9 Å². The van der Waals surface area contributed by atoms with Crippen LogP contribution in [0.5, 0.6) is 0 Å². The summed E-state index contributed by atoms with van der Waals surface area (Å²) in [6.45, 7) is 0.690. The van der Waals surface area contributed by atoms with E-state index >= 15 is 0 Å². The van der Waals surface area contributed by atoms with Crippen LogP contribution in [-0.4, -0.2) is 26.0 Å². The second-order valence-corrected chi connectivity index (χ2v) is 5.06. The third-order valence-corrected chi connectivity index (χ3v) is 3.74. The van der Waals surface area contributed by atoms with E-state index in [0.717, 1.165) is 17.3 Å². The molecule has 0 atom stereocenters. The molecule has 6 nitrogen and oxygen atoms in total. The lowest BCUT2D eigenvalue weighted by Crippen LogP contribution is -2.35. The number of nitrogens with zero attached hydrogens (tertiary/aromatic N) is 2. The summed E-state index contributed by atoms with van der Waals surface area (Å²) in [7, 11) is -3.76. The van der Waals surface area contributed by atoms with Crippen LogP contribution in [0, 0.1) is 11.3 Å². The van der Waals surface area contributed by atoms with Crippen molar-refractivity contribution in [1.29, 1.82) is 5.26 Å². The van der Waals surface area contributed by atoms with E-state index in [0.29, 0.717) is 13.2 Å². The van der Waals surface area contributed by atoms with E-state index in [1.807, 2.05) is 0 Å². The fourth-order valence-electron chi connectivity index (χ4n) is 1.38. The number of sulfonamides is 1. The molecule has 0 radical (unpaired) electrons. The van der Waals surface area contributed by atoms with E-state index in [4.69, 9.17) is 14.5 Å². The van der Waals surface area contributed by atoms with Gasteiger partial charge < -0.3 is 4.42 Å². The van der Waals surface area contributed by atoms with Gasteiger partial charge in [0.15, 0.2) is 0 Å². The second kappa shape index (κ2) is 4.25. The molecule has 1 aliphatic rings. The van der Waals surface area contributed by atoms with Gasteiger partial charge in [-0.2, -0.15) is 5.26 Å². The van der Waals surface area contributed by atoms with Gasteiger partial charge in [-0.15, -0.1) is 0 Å². The van der Waals surface area contributed by atoms with Crippen molar-refractivity contribution in [2.45, 2.75) is 17.9 Å². The summed E-state index contributed by atoms with van der Waals surface area (Å²) in [6, 6.07) is 4.30. The van der Waals surface area contributed by atoms with E-state index in [1.165, 1.54) is 12.1 Å². The highest BCUT2D eigenvalue weighted by Crippen LogP contribution is 2.21. The maximum Gasteiger partial charge on any atom is 0.298 e. The summed E-state index contributed by atoms with van der Waals surface area (Å²) >= 11 is 0. The quantitative estimate of drug-likeness (QED) is 0.768. The van der Waals surface area contributed by atoms with E-state index in [1.54, 1.807) is 6.07 Å². The van der Waals surface area contributed by atoms with Crippen LogP contribution in [0.25, 0.3) is 0 Å². The predicted octanol–water partition coefficient (Wildman–Crippen LogP) is 0.867. The van der Waals surface area contributed by atoms with E-state index in [9.17, 15) is 8.42 Å². The number of hydrogen-bond acceptors (Lipinski definition) is 5. The monoisotopic (exact) mass is 242 g/mol. The Balaban J connectivity index is 2.27. The van der Waals surface area contributed by atoms with Crippen molar-refractivity contribution in [3.63, 3.8) is 0 Å². The average molecular weight is 242 g/mol. The Morgan fingerprint density at radius 2 is 2.19 bits per heavy atom. The minimum Gasteiger partial charge on any atom is -0.433 e. The maximum absolute atomic E-state index is 11.9. The molecule has 0 unspecified atom stereocenters. The topological polar surface area (TPSA) is 83.5 Å². The molecule has 1 aromatic rings. The van der Waals surface area contributed by atoms with Crippen LogP contribution in [0.1, 0.15) is 18.6 Å². The SMILES string of the molecule is N#Cc1ccc(S(=O)(=O)N2CCCCO2)o1. The second-order valence-electron chi connectivity index (χ2n) is 3.30.